The topological polar surface area (TPSA) is 110 Å². The van der Waals surface area contributed by atoms with Crippen molar-refractivity contribution in [3.63, 3.8) is 0 Å². The summed E-state index contributed by atoms with van der Waals surface area (Å²) in [6, 6.07) is 18.9. The highest BCUT2D eigenvalue weighted by atomic mass is 16.4. The molecule has 0 saturated carbocycles. The third-order valence-electron chi connectivity index (χ3n) is 6.45. The fourth-order valence-corrected chi connectivity index (χ4v) is 4.55. The number of aliphatic carboxylic acids is 1. The maximum Gasteiger partial charge on any atom is 0.340 e. The van der Waals surface area contributed by atoms with Crippen LogP contribution in [-0.4, -0.2) is 17.0 Å². The Morgan fingerprint density at radius 1 is 0.917 bits per heavy atom. The van der Waals surface area contributed by atoms with Crippen molar-refractivity contribution in [3.8, 4) is 11.1 Å². The first kappa shape index (κ1) is 23.1. The van der Waals surface area contributed by atoms with E-state index in [2.05, 4.69) is 5.32 Å². The maximum absolute atomic E-state index is 12.9. The maximum atomic E-state index is 12.9. The zero-order valence-corrected chi connectivity index (χ0v) is 19.7. The molecular formula is C29H23NO6. The SMILES string of the molecule is Cc1c(CC(=O)N[C@@H](C(=O)O)c2ccccc2)c(=O)oc2c(C)c3occ(-c4ccccc4)c3cc12. The number of carboxylic acid groups (broad SMARTS) is 1. The van der Waals surface area contributed by atoms with Gasteiger partial charge < -0.3 is 19.3 Å². The van der Waals surface area contributed by atoms with E-state index < -0.39 is 23.5 Å². The van der Waals surface area contributed by atoms with Crippen molar-refractivity contribution in [3.05, 3.63) is 106 Å². The molecule has 0 radical (unpaired) electrons. The normalized spacial score (nSPS) is 12.1. The van der Waals surface area contributed by atoms with Gasteiger partial charge in [0.2, 0.25) is 5.91 Å². The molecule has 0 spiro atoms. The van der Waals surface area contributed by atoms with Gasteiger partial charge in [0.1, 0.15) is 11.2 Å². The Morgan fingerprint density at radius 3 is 2.25 bits per heavy atom. The number of benzene rings is 3. The number of amides is 1. The zero-order chi connectivity index (χ0) is 25.4. The van der Waals surface area contributed by atoms with Crippen molar-refractivity contribution in [2.75, 3.05) is 0 Å². The predicted molar refractivity (Wildman–Crippen MR) is 136 cm³/mol. The first-order chi connectivity index (χ1) is 17.3. The van der Waals surface area contributed by atoms with Crippen LogP contribution in [-0.2, 0) is 16.0 Å². The molecule has 5 aromatic rings. The second-order valence-electron chi connectivity index (χ2n) is 8.69. The summed E-state index contributed by atoms with van der Waals surface area (Å²) in [5.74, 6) is -1.78. The summed E-state index contributed by atoms with van der Waals surface area (Å²) in [5, 5.41) is 13.7. The van der Waals surface area contributed by atoms with Crippen molar-refractivity contribution >= 4 is 33.8 Å². The van der Waals surface area contributed by atoms with Gasteiger partial charge in [-0.05, 0) is 36.6 Å². The number of fused-ring (bicyclic) bond motifs is 2. The first-order valence-corrected chi connectivity index (χ1v) is 11.4. The number of hydrogen-bond donors (Lipinski definition) is 2. The van der Waals surface area contributed by atoms with Crippen LogP contribution in [0, 0.1) is 13.8 Å². The Morgan fingerprint density at radius 2 is 1.58 bits per heavy atom. The van der Waals surface area contributed by atoms with Gasteiger partial charge in [-0.25, -0.2) is 9.59 Å². The fraction of sp³-hybridized carbons (Fsp3) is 0.138. The van der Waals surface area contributed by atoms with Crippen LogP contribution >= 0.6 is 0 Å². The molecule has 0 bridgehead atoms. The monoisotopic (exact) mass is 481 g/mol. The van der Waals surface area contributed by atoms with E-state index in [1.165, 1.54) is 0 Å². The number of rotatable bonds is 6. The molecule has 3 aromatic carbocycles. The highest BCUT2D eigenvalue weighted by molar-refractivity contribution is 6.05. The van der Waals surface area contributed by atoms with Gasteiger partial charge in [0.25, 0.3) is 0 Å². The van der Waals surface area contributed by atoms with Gasteiger partial charge in [-0.15, -0.1) is 0 Å². The number of carboxylic acids is 1. The Balaban J connectivity index is 1.55. The molecule has 0 aliphatic carbocycles. The first-order valence-electron chi connectivity index (χ1n) is 11.4. The van der Waals surface area contributed by atoms with Crippen LogP contribution in [0.3, 0.4) is 0 Å². The summed E-state index contributed by atoms with van der Waals surface area (Å²) in [6.45, 7) is 3.59. The van der Waals surface area contributed by atoms with Crippen LogP contribution in [0.25, 0.3) is 33.1 Å². The molecule has 2 N–H and O–H groups in total. The number of furan rings is 1. The highest BCUT2D eigenvalue weighted by Gasteiger charge is 2.24. The second-order valence-corrected chi connectivity index (χ2v) is 8.69. The van der Waals surface area contributed by atoms with Crippen LogP contribution in [0.2, 0.25) is 0 Å². The van der Waals surface area contributed by atoms with E-state index in [1.807, 2.05) is 43.3 Å². The molecule has 36 heavy (non-hydrogen) atoms. The number of hydrogen-bond acceptors (Lipinski definition) is 5. The lowest BCUT2D eigenvalue weighted by atomic mass is 9.97. The van der Waals surface area contributed by atoms with Crippen LogP contribution in [0.1, 0.15) is 28.3 Å². The van der Waals surface area contributed by atoms with Crippen LogP contribution < -0.4 is 10.9 Å². The van der Waals surface area contributed by atoms with E-state index >= 15 is 0 Å². The molecule has 2 heterocycles. The Hall–Kier alpha value is -4.65. The third-order valence-corrected chi connectivity index (χ3v) is 6.45. The van der Waals surface area contributed by atoms with Crippen molar-refractivity contribution in [2.24, 2.45) is 0 Å². The van der Waals surface area contributed by atoms with Gasteiger partial charge in [0.05, 0.1) is 18.2 Å². The number of carbonyl (C=O) groups excluding carboxylic acids is 1. The minimum atomic E-state index is -1.23. The second kappa shape index (κ2) is 9.19. The van der Waals surface area contributed by atoms with Gasteiger partial charge in [0.15, 0.2) is 6.04 Å². The molecule has 7 nitrogen and oxygen atoms in total. The summed E-state index contributed by atoms with van der Waals surface area (Å²) in [6.07, 6.45) is 1.37. The molecule has 1 atom stereocenters. The molecular weight excluding hydrogens is 458 g/mol. The average Bonchev–Trinajstić information content (AvgIpc) is 3.31. The van der Waals surface area contributed by atoms with Crippen molar-refractivity contribution < 1.29 is 23.5 Å². The summed E-state index contributed by atoms with van der Waals surface area (Å²) in [4.78, 5) is 37.5. The van der Waals surface area contributed by atoms with E-state index in [0.717, 1.165) is 16.5 Å². The minimum absolute atomic E-state index is 0.181. The van der Waals surface area contributed by atoms with E-state index in [4.69, 9.17) is 8.83 Å². The van der Waals surface area contributed by atoms with E-state index in [9.17, 15) is 19.5 Å². The lowest BCUT2D eigenvalue weighted by Crippen LogP contribution is -2.35. The minimum Gasteiger partial charge on any atom is -0.479 e. The molecule has 7 heteroatoms. The van der Waals surface area contributed by atoms with E-state index in [0.29, 0.717) is 33.2 Å². The van der Waals surface area contributed by atoms with Gasteiger partial charge in [0, 0.05) is 21.9 Å². The summed E-state index contributed by atoms with van der Waals surface area (Å²) >= 11 is 0. The Bertz CT molecular complexity index is 1670. The van der Waals surface area contributed by atoms with E-state index in [1.54, 1.807) is 43.5 Å². The van der Waals surface area contributed by atoms with Crippen molar-refractivity contribution in [1.82, 2.24) is 5.32 Å². The molecule has 0 unspecified atom stereocenters. The highest BCUT2D eigenvalue weighted by Crippen LogP contribution is 2.37. The van der Waals surface area contributed by atoms with Crippen molar-refractivity contribution in [1.29, 1.82) is 0 Å². The molecule has 0 fully saturated rings. The number of nitrogens with one attached hydrogen (secondary N) is 1. The van der Waals surface area contributed by atoms with E-state index in [-0.39, 0.29) is 12.0 Å². The van der Waals surface area contributed by atoms with Gasteiger partial charge in [-0.1, -0.05) is 60.7 Å². The standard InChI is InChI=1S/C29H23NO6/c1-16-20-13-22-23(18-9-5-3-6-10-18)15-35-26(22)17(2)27(20)36-29(34)21(16)14-24(31)30-25(28(32)33)19-11-7-4-8-12-19/h3-13,15,25H,14H2,1-2H3,(H,30,31)(H,32,33)/t25-/m1/s1. The molecule has 0 saturated heterocycles. The molecule has 180 valence electrons. The number of carbonyl (C=O) groups is 2. The average molecular weight is 482 g/mol. The lowest BCUT2D eigenvalue weighted by Gasteiger charge is -2.15. The van der Waals surface area contributed by atoms with Gasteiger partial charge in [-0.3, -0.25) is 4.79 Å². The molecule has 0 aliphatic rings. The predicted octanol–water partition coefficient (Wildman–Crippen LogP) is 5.31. The van der Waals surface area contributed by atoms with Gasteiger partial charge >= 0.3 is 11.6 Å². The lowest BCUT2D eigenvalue weighted by molar-refractivity contribution is -0.142. The zero-order valence-electron chi connectivity index (χ0n) is 19.7. The quantitative estimate of drug-likeness (QED) is 0.318. The van der Waals surface area contributed by atoms with Crippen LogP contribution in [0.15, 0.2) is 86.6 Å². The van der Waals surface area contributed by atoms with Crippen LogP contribution in [0.4, 0.5) is 0 Å². The Kier molecular flexibility index (Phi) is 5.90. The number of aryl methyl sites for hydroxylation is 2. The van der Waals surface area contributed by atoms with Gasteiger partial charge in [-0.2, -0.15) is 0 Å². The molecule has 0 aliphatic heterocycles. The summed E-state index contributed by atoms with van der Waals surface area (Å²) in [5.41, 5.74) is 4.20. The smallest absolute Gasteiger partial charge is 0.340 e. The summed E-state index contributed by atoms with van der Waals surface area (Å²) < 4.78 is 11.5. The molecule has 2 aromatic heterocycles. The Labute approximate surface area is 206 Å². The third kappa shape index (κ3) is 4.05. The largest absolute Gasteiger partial charge is 0.479 e. The summed E-state index contributed by atoms with van der Waals surface area (Å²) in [7, 11) is 0. The molecule has 5 rings (SSSR count). The van der Waals surface area contributed by atoms with Crippen LogP contribution in [0.5, 0.6) is 0 Å². The molecule has 1 amide bonds. The fourth-order valence-electron chi connectivity index (χ4n) is 4.55. The van der Waals surface area contributed by atoms with Crippen molar-refractivity contribution in [2.45, 2.75) is 26.3 Å².